The molecule has 2 aliphatic carbocycles. The standard InChI is InChI=1S/C33H47N5O6/c1-2-9-25(31(42)37-26(20-23-14-8-19-34-30(23)41)29(40)33(44)35-24-16-17-24)36-32(43)28(22-12-6-7-13-22)38-27(39)18-15-21-10-4-3-5-11-21/h3-5,10-11,22-26,28H,2,6-9,12-20H2,1H3,(H,34,41)(H,35,44)(H,36,43)(H,37,42)(H,38,39)/t23-,25-,26-,28+/m0/s1. The molecule has 5 N–H and O–H groups in total. The highest BCUT2D eigenvalue weighted by Gasteiger charge is 2.38. The van der Waals surface area contributed by atoms with Crippen LogP contribution < -0.4 is 26.6 Å². The van der Waals surface area contributed by atoms with Gasteiger partial charge in [-0.2, -0.15) is 0 Å². The van der Waals surface area contributed by atoms with Crippen LogP contribution in [0.4, 0.5) is 0 Å². The van der Waals surface area contributed by atoms with E-state index >= 15 is 0 Å². The molecular formula is C33H47N5O6. The second kappa shape index (κ2) is 16.4. The number of hydrogen-bond donors (Lipinski definition) is 5. The normalized spacial score (nSPS) is 20.5. The lowest BCUT2D eigenvalue weighted by Crippen LogP contribution is -2.58. The average molecular weight is 610 g/mol. The predicted octanol–water partition coefficient (Wildman–Crippen LogP) is 1.83. The van der Waals surface area contributed by atoms with Gasteiger partial charge in [0.25, 0.3) is 5.91 Å². The van der Waals surface area contributed by atoms with E-state index in [0.717, 1.165) is 50.5 Å². The van der Waals surface area contributed by atoms with Crippen molar-refractivity contribution in [2.45, 2.75) is 115 Å². The third kappa shape index (κ3) is 9.89. The molecule has 2 saturated carbocycles. The summed E-state index contributed by atoms with van der Waals surface area (Å²) >= 11 is 0. The first-order valence-corrected chi connectivity index (χ1v) is 16.3. The first-order chi connectivity index (χ1) is 21.2. The quantitative estimate of drug-likeness (QED) is 0.180. The van der Waals surface area contributed by atoms with Gasteiger partial charge in [0.15, 0.2) is 0 Å². The van der Waals surface area contributed by atoms with Gasteiger partial charge in [-0.05, 0) is 69.3 Å². The van der Waals surface area contributed by atoms with Gasteiger partial charge in [0.05, 0.1) is 6.04 Å². The Balaban J connectivity index is 1.42. The van der Waals surface area contributed by atoms with Crippen molar-refractivity contribution in [1.29, 1.82) is 0 Å². The molecule has 0 unspecified atom stereocenters. The molecule has 1 saturated heterocycles. The first-order valence-electron chi connectivity index (χ1n) is 16.3. The monoisotopic (exact) mass is 609 g/mol. The maximum Gasteiger partial charge on any atom is 0.289 e. The van der Waals surface area contributed by atoms with Gasteiger partial charge in [0.2, 0.25) is 29.4 Å². The summed E-state index contributed by atoms with van der Waals surface area (Å²) in [6.45, 7) is 2.43. The number of nitrogens with one attached hydrogen (secondary N) is 5. The van der Waals surface area contributed by atoms with Crippen LogP contribution in [0.5, 0.6) is 0 Å². The van der Waals surface area contributed by atoms with Gasteiger partial charge in [-0.1, -0.05) is 56.5 Å². The highest BCUT2D eigenvalue weighted by Crippen LogP contribution is 2.28. The van der Waals surface area contributed by atoms with Crippen LogP contribution in [0.1, 0.15) is 89.5 Å². The lowest BCUT2D eigenvalue weighted by atomic mass is 9.89. The minimum atomic E-state index is -1.20. The Kier molecular flexibility index (Phi) is 12.3. The molecule has 44 heavy (non-hydrogen) atoms. The van der Waals surface area contributed by atoms with E-state index in [4.69, 9.17) is 0 Å². The molecule has 1 aromatic carbocycles. The van der Waals surface area contributed by atoms with Crippen molar-refractivity contribution in [2.75, 3.05) is 6.54 Å². The number of carbonyl (C=O) groups excluding carboxylic acids is 6. The van der Waals surface area contributed by atoms with E-state index in [-0.39, 0.29) is 36.6 Å². The molecule has 0 radical (unpaired) electrons. The Labute approximate surface area is 259 Å². The van der Waals surface area contributed by atoms with Crippen LogP contribution in [0.25, 0.3) is 0 Å². The molecule has 240 valence electrons. The number of ketones is 1. The molecule has 0 spiro atoms. The Morgan fingerprint density at radius 2 is 1.57 bits per heavy atom. The molecule has 3 aliphatic rings. The number of hydrogen-bond acceptors (Lipinski definition) is 6. The summed E-state index contributed by atoms with van der Waals surface area (Å²) in [6, 6.07) is 6.68. The van der Waals surface area contributed by atoms with Gasteiger partial charge < -0.3 is 26.6 Å². The van der Waals surface area contributed by atoms with Gasteiger partial charge in [0, 0.05) is 24.9 Å². The molecule has 1 aliphatic heterocycles. The van der Waals surface area contributed by atoms with Crippen molar-refractivity contribution in [3.8, 4) is 0 Å². The molecule has 4 atom stereocenters. The molecule has 3 fully saturated rings. The Bertz CT molecular complexity index is 1180. The zero-order valence-corrected chi connectivity index (χ0v) is 25.7. The fraction of sp³-hybridized carbons (Fsp3) is 0.636. The maximum absolute atomic E-state index is 13.7. The number of aryl methyl sites for hydroxylation is 1. The Morgan fingerprint density at radius 1 is 0.864 bits per heavy atom. The summed E-state index contributed by atoms with van der Waals surface area (Å²) in [5, 5.41) is 14.0. The fourth-order valence-corrected chi connectivity index (χ4v) is 6.15. The third-order valence-corrected chi connectivity index (χ3v) is 8.85. The Hall–Kier alpha value is -3.76. The van der Waals surface area contributed by atoms with Crippen molar-refractivity contribution >= 4 is 35.3 Å². The van der Waals surface area contributed by atoms with E-state index < -0.39 is 47.5 Å². The summed E-state index contributed by atoms with van der Waals surface area (Å²) < 4.78 is 0. The summed E-state index contributed by atoms with van der Waals surface area (Å²) in [5.74, 6) is -3.56. The Morgan fingerprint density at radius 3 is 2.23 bits per heavy atom. The maximum atomic E-state index is 13.7. The van der Waals surface area contributed by atoms with Crippen molar-refractivity contribution in [3.63, 3.8) is 0 Å². The minimum Gasteiger partial charge on any atom is -0.356 e. The molecule has 4 rings (SSSR count). The lowest BCUT2D eigenvalue weighted by Gasteiger charge is -2.29. The molecule has 11 nitrogen and oxygen atoms in total. The highest BCUT2D eigenvalue weighted by molar-refractivity contribution is 6.38. The van der Waals surface area contributed by atoms with E-state index in [2.05, 4.69) is 26.6 Å². The first kappa shape index (κ1) is 33.1. The lowest BCUT2D eigenvalue weighted by molar-refractivity contribution is -0.141. The topological polar surface area (TPSA) is 163 Å². The van der Waals surface area contributed by atoms with Crippen LogP contribution in [0, 0.1) is 11.8 Å². The molecule has 11 heteroatoms. The summed E-state index contributed by atoms with van der Waals surface area (Å²) in [4.78, 5) is 78.5. The van der Waals surface area contributed by atoms with Crippen LogP contribution in [0.3, 0.4) is 0 Å². The number of amides is 5. The molecule has 1 heterocycles. The number of rotatable bonds is 16. The van der Waals surface area contributed by atoms with Crippen molar-refractivity contribution in [1.82, 2.24) is 26.6 Å². The van der Waals surface area contributed by atoms with Crippen LogP contribution in [0.15, 0.2) is 30.3 Å². The van der Waals surface area contributed by atoms with Gasteiger partial charge in [-0.3, -0.25) is 28.8 Å². The predicted molar refractivity (Wildman–Crippen MR) is 164 cm³/mol. The van der Waals surface area contributed by atoms with Crippen LogP contribution >= 0.6 is 0 Å². The smallest absolute Gasteiger partial charge is 0.289 e. The molecule has 0 aromatic heterocycles. The highest BCUT2D eigenvalue weighted by atomic mass is 16.2. The van der Waals surface area contributed by atoms with Crippen LogP contribution in [0.2, 0.25) is 0 Å². The van der Waals surface area contributed by atoms with E-state index in [9.17, 15) is 28.8 Å². The van der Waals surface area contributed by atoms with E-state index in [1.54, 1.807) is 0 Å². The van der Waals surface area contributed by atoms with E-state index in [0.29, 0.717) is 32.2 Å². The second-order valence-corrected chi connectivity index (χ2v) is 12.5. The van der Waals surface area contributed by atoms with Gasteiger partial charge >= 0.3 is 0 Å². The number of Topliss-reactive ketones (excluding diaryl/α,β-unsaturated/α-hetero) is 1. The molecular weight excluding hydrogens is 562 g/mol. The molecule has 0 bridgehead atoms. The van der Waals surface area contributed by atoms with Gasteiger partial charge in [0.1, 0.15) is 12.1 Å². The van der Waals surface area contributed by atoms with Crippen LogP contribution in [-0.4, -0.2) is 66.0 Å². The summed E-state index contributed by atoms with van der Waals surface area (Å²) in [5.41, 5.74) is 1.03. The average Bonchev–Trinajstić information content (AvgIpc) is 3.67. The largest absolute Gasteiger partial charge is 0.356 e. The summed E-state index contributed by atoms with van der Waals surface area (Å²) in [6.07, 6.45) is 8.11. The number of benzene rings is 1. The molecule has 5 amide bonds. The van der Waals surface area contributed by atoms with Crippen molar-refractivity contribution < 1.29 is 28.8 Å². The van der Waals surface area contributed by atoms with E-state index in [1.165, 1.54) is 0 Å². The fourth-order valence-electron chi connectivity index (χ4n) is 6.15. The van der Waals surface area contributed by atoms with Crippen molar-refractivity contribution in [3.05, 3.63) is 35.9 Å². The van der Waals surface area contributed by atoms with Crippen molar-refractivity contribution in [2.24, 2.45) is 11.8 Å². The van der Waals surface area contributed by atoms with Crippen LogP contribution in [-0.2, 0) is 35.2 Å². The minimum absolute atomic E-state index is 0.00343. The third-order valence-electron chi connectivity index (χ3n) is 8.85. The zero-order valence-electron chi connectivity index (χ0n) is 25.7. The SMILES string of the molecule is CCC[C@H](NC(=O)[C@H](NC(=O)CCc1ccccc1)C1CCCC1)C(=O)N[C@@H](C[C@@H]1CCCNC1=O)C(=O)C(=O)NC1CC1. The zero-order chi connectivity index (χ0) is 31.5. The van der Waals surface area contributed by atoms with Gasteiger partial charge in [-0.25, -0.2) is 0 Å². The summed E-state index contributed by atoms with van der Waals surface area (Å²) in [7, 11) is 0. The second-order valence-electron chi connectivity index (χ2n) is 12.5. The number of carbonyl (C=O) groups is 6. The number of piperidine rings is 1. The molecule has 1 aromatic rings. The van der Waals surface area contributed by atoms with Gasteiger partial charge in [-0.15, -0.1) is 0 Å². The van der Waals surface area contributed by atoms with E-state index in [1.807, 2.05) is 37.3 Å².